The topological polar surface area (TPSA) is 57.8 Å². The van der Waals surface area contributed by atoms with E-state index in [4.69, 9.17) is 0 Å². The number of amides is 1. The molecule has 1 aromatic carbocycles. The van der Waals surface area contributed by atoms with E-state index in [-0.39, 0.29) is 5.91 Å². The highest BCUT2D eigenvalue weighted by Gasteiger charge is 2.19. The highest BCUT2D eigenvalue weighted by Crippen LogP contribution is 2.24. The van der Waals surface area contributed by atoms with Crippen molar-refractivity contribution in [1.82, 2.24) is 15.3 Å². The van der Waals surface area contributed by atoms with Crippen molar-refractivity contribution in [2.75, 3.05) is 6.54 Å². The number of aromatic amines is 1. The van der Waals surface area contributed by atoms with Crippen LogP contribution >= 0.6 is 0 Å². The Balaban J connectivity index is 1.54. The van der Waals surface area contributed by atoms with Crippen LogP contribution in [0, 0.1) is 0 Å². The lowest BCUT2D eigenvalue weighted by Gasteiger charge is -2.10. The average Bonchev–Trinajstić information content (AvgIpc) is 3.09. The molecule has 1 amide bonds. The van der Waals surface area contributed by atoms with Crippen LogP contribution in [0.4, 0.5) is 0 Å². The fourth-order valence-electron chi connectivity index (χ4n) is 3.09. The van der Waals surface area contributed by atoms with Gasteiger partial charge in [-0.2, -0.15) is 0 Å². The number of rotatable bonds is 4. The molecule has 3 aromatic rings. The van der Waals surface area contributed by atoms with Crippen molar-refractivity contribution in [3.05, 3.63) is 83.3 Å². The van der Waals surface area contributed by atoms with Crippen LogP contribution in [0.2, 0.25) is 0 Å². The zero-order chi connectivity index (χ0) is 17.1. The largest absolute Gasteiger partial charge is 0.358 e. The van der Waals surface area contributed by atoms with E-state index < -0.39 is 0 Å². The summed E-state index contributed by atoms with van der Waals surface area (Å²) in [5.74, 6) is 0.000728. The van der Waals surface area contributed by atoms with Gasteiger partial charge in [0, 0.05) is 36.1 Å². The van der Waals surface area contributed by atoms with Gasteiger partial charge in [0.2, 0.25) is 0 Å². The van der Waals surface area contributed by atoms with Gasteiger partial charge < -0.3 is 10.3 Å². The van der Waals surface area contributed by atoms with Gasteiger partial charge >= 0.3 is 0 Å². The van der Waals surface area contributed by atoms with Crippen molar-refractivity contribution in [2.24, 2.45) is 0 Å². The minimum absolute atomic E-state index is 0.000728. The first-order valence-corrected chi connectivity index (χ1v) is 8.46. The first kappa shape index (κ1) is 15.4. The summed E-state index contributed by atoms with van der Waals surface area (Å²) < 4.78 is 0. The number of nitrogens with zero attached hydrogens (tertiary/aromatic N) is 1. The van der Waals surface area contributed by atoms with Gasteiger partial charge in [-0.1, -0.05) is 36.4 Å². The molecule has 2 N–H and O–H groups in total. The van der Waals surface area contributed by atoms with Gasteiger partial charge in [-0.05, 0) is 36.3 Å². The maximum atomic E-state index is 11.9. The number of carbonyl (C=O) groups is 1. The Kier molecular flexibility index (Phi) is 4.17. The van der Waals surface area contributed by atoms with Crippen LogP contribution in [-0.2, 0) is 12.8 Å². The molecule has 0 saturated carbocycles. The molecule has 0 bridgehead atoms. The lowest BCUT2D eigenvalue weighted by Crippen LogP contribution is -2.31. The van der Waals surface area contributed by atoms with E-state index in [9.17, 15) is 4.79 Å². The summed E-state index contributed by atoms with van der Waals surface area (Å²) in [5.41, 5.74) is 5.94. The van der Waals surface area contributed by atoms with Crippen molar-refractivity contribution in [3.63, 3.8) is 0 Å². The second kappa shape index (κ2) is 6.77. The molecule has 124 valence electrons. The molecule has 1 aliphatic heterocycles. The highest BCUT2D eigenvalue weighted by atomic mass is 16.1. The fourth-order valence-corrected chi connectivity index (χ4v) is 3.09. The Hall–Kier alpha value is -3.14. The Morgan fingerprint density at radius 3 is 2.84 bits per heavy atom. The van der Waals surface area contributed by atoms with Crippen LogP contribution in [0.5, 0.6) is 0 Å². The SMILES string of the molecule is O=C1NCCc2[nH]c(-c3ccnc(/C=C/Cc4ccccc4)c3)cc21. The second-order valence-corrected chi connectivity index (χ2v) is 6.14. The third-order valence-electron chi connectivity index (χ3n) is 4.38. The van der Waals surface area contributed by atoms with Crippen LogP contribution in [0.1, 0.15) is 27.3 Å². The summed E-state index contributed by atoms with van der Waals surface area (Å²) in [6.45, 7) is 0.690. The van der Waals surface area contributed by atoms with Gasteiger partial charge in [-0.3, -0.25) is 9.78 Å². The number of benzene rings is 1. The minimum atomic E-state index is 0.000728. The molecule has 1 aliphatic rings. The predicted octanol–water partition coefficient (Wildman–Crippen LogP) is 3.62. The van der Waals surface area contributed by atoms with Gasteiger partial charge in [0.15, 0.2) is 0 Å². The Morgan fingerprint density at radius 1 is 1.12 bits per heavy atom. The zero-order valence-electron chi connectivity index (χ0n) is 13.8. The Morgan fingerprint density at radius 2 is 2.00 bits per heavy atom. The first-order chi connectivity index (χ1) is 12.3. The maximum Gasteiger partial charge on any atom is 0.253 e. The summed E-state index contributed by atoms with van der Waals surface area (Å²) in [6.07, 6.45) is 7.68. The molecule has 0 unspecified atom stereocenters. The summed E-state index contributed by atoms with van der Waals surface area (Å²) in [6, 6.07) is 16.3. The van der Waals surface area contributed by atoms with Crippen LogP contribution in [-0.4, -0.2) is 22.4 Å². The van der Waals surface area contributed by atoms with Gasteiger partial charge in [0.05, 0.1) is 11.3 Å². The normalized spacial score (nSPS) is 13.7. The number of carbonyl (C=O) groups excluding carboxylic acids is 1. The number of H-pyrrole nitrogens is 1. The number of hydrogen-bond donors (Lipinski definition) is 2. The van der Waals surface area contributed by atoms with E-state index in [2.05, 4.69) is 33.5 Å². The zero-order valence-corrected chi connectivity index (χ0v) is 13.8. The first-order valence-electron chi connectivity index (χ1n) is 8.46. The van der Waals surface area contributed by atoms with Gasteiger partial charge in [-0.25, -0.2) is 0 Å². The van der Waals surface area contributed by atoms with E-state index in [0.29, 0.717) is 6.54 Å². The highest BCUT2D eigenvalue weighted by molar-refractivity contribution is 5.97. The molecule has 3 heterocycles. The van der Waals surface area contributed by atoms with Crippen molar-refractivity contribution in [3.8, 4) is 11.3 Å². The van der Waals surface area contributed by atoms with E-state index in [1.54, 1.807) is 6.20 Å². The molecule has 2 aromatic heterocycles. The third kappa shape index (κ3) is 3.38. The monoisotopic (exact) mass is 329 g/mol. The second-order valence-electron chi connectivity index (χ2n) is 6.14. The maximum absolute atomic E-state index is 11.9. The van der Waals surface area contributed by atoms with Gasteiger partial charge in [-0.15, -0.1) is 0 Å². The standard InChI is InChI=1S/C21H19N3O/c25-21-18-14-20(24-19(18)10-12-23-21)16-9-11-22-17(13-16)8-4-7-15-5-2-1-3-6-15/h1-6,8-9,11,13-14,24H,7,10,12H2,(H,23,25)/b8-4+. The van der Waals surface area contributed by atoms with Crippen LogP contribution in [0.25, 0.3) is 17.3 Å². The van der Waals surface area contributed by atoms with E-state index in [0.717, 1.165) is 41.1 Å². The third-order valence-corrected chi connectivity index (χ3v) is 4.38. The van der Waals surface area contributed by atoms with Crippen molar-refractivity contribution in [2.45, 2.75) is 12.8 Å². The smallest absolute Gasteiger partial charge is 0.253 e. The Labute approximate surface area is 146 Å². The molecule has 4 heteroatoms. The van der Waals surface area contributed by atoms with Crippen LogP contribution in [0.15, 0.2) is 60.8 Å². The number of pyridine rings is 1. The fraction of sp³-hybridized carbons (Fsp3) is 0.143. The molecule has 0 radical (unpaired) electrons. The van der Waals surface area contributed by atoms with Crippen molar-refractivity contribution in [1.29, 1.82) is 0 Å². The van der Waals surface area contributed by atoms with Gasteiger partial charge in [0.1, 0.15) is 0 Å². The molecule has 4 nitrogen and oxygen atoms in total. The van der Waals surface area contributed by atoms with E-state index in [1.807, 2.05) is 42.5 Å². The molecule has 0 spiro atoms. The molecule has 0 fully saturated rings. The molecular formula is C21H19N3O. The van der Waals surface area contributed by atoms with E-state index >= 15 is 0 Å². The van der Waals surface area contributed by atoms with E-state index in [1.165, 1.54) is 5.56 Å². The Bertz CT molecular complexity index is 925. The molecule has 4 rings (SSSR count). The number of allylic oxidation sites excluding steroid dienone is 1. The number of fused-ring (bicyclic) bond motifs is 1. The summed E-state index contributed by atoms with van der Waals surface area (Å²) >= 11 is 0. The molecule has 0 aliphatic carbocycles. The summed E-state index contributed by atoms with van der Waals surface area (Å²) in [7, 11) is 0. The van der Waals surface area contributed by atoms with Crippen molar-refractivity contribution >= 4 is 12.0 Å². The quantitative estimate of drug-likeness (QED) is 0.768. The minimum Gasteiger partial charge on any atom is -0.358 e. The van der Waals surface area contributed by atoms with Gasteiger partial charge in [0.25, 0.3) is 5.91 Å². The lowest BCUT2D eigenvalue weighted by atomic mass is 10.1. The summed E-state index contributed by atoms with van der Waals surface area (Å²) in [4.78, 5) is 19.7. The number of aromatic nitrogens is 2. The summed E-state index contributed by atoms with van der Waals surface area (Å²) in [5, 5.41) is 2.88. The molecule has 25 heavy (non-hydrogen) atoms. The molecule has 0 saturated heterocycles. The number of nitrogens with one attached hydrogen (secondary N) is 2. The van der Waals surface area contributed by atoms with Crippen molar-refractivity contribution < 1.29 is 4.79 Å². The van der Waals surface area contributed by atoms with Crippen LogP contribution in [0.3, 0.4) is 0 Å². The molecular weight excluding hydrogens is 310 g/mol. The van der Waals surface area contributed by atoms with Crippen LogP contribution < -0.4 is 5.32 Å². The lowest BCUT2D eigenvalue weighted by molar-refractivity contribution is 0.0946. The molecule has 0 atom stereocenters. The predicted molar refractivity (Wildman–Crippen MR) is 99.2 cm³/mol. The average molecular weight is 329 g/mol. The number of hydrogen-bond acceptors (Lipinski definition) is 2.